The van der Waals surface area contributed by atoms with E-state index in [1.165, 1.54) is 96.3 Å². The fraction of sp³-hybridized carbons (Fsp3) is 0.913. The van der Waals surface area contributed by atoms with Crippen LogP contribution in [0.15, 0.2) is 12.2 Å². The molecule has 2 fully saturated rings. The van der Waals surface area contributed by atoms with Gasteiger partial charge in [-0.25, -0.2) is 0 Å². The quantitative estimate of drug-likeness (QED) is 0.0212. The average Bonchev–Trinajstić information content (AvgIpc) is 3.23. The lowest BCUT2D eigenvalue weighted by Gasteiger charge is -2.44. The summed E-state index contributed by atoms with van der Waals surface area (Å²) in [6.07, 6.45) is 18.8. The van der Waals surface area contributed by atoms with Gasteiger partial charge in [-0.15, -0.1) is 0 Å². The van der Waals surface area contributed by atoms with Crippen molar-refractivity contribution in [1.82, 2.24) is 0 Å². The number of ether oxygens (including phenoxy) is 5. The van der Waals surface area contributed by atoms with Gasteiger partial charge in [0.2, 0.25) is 0 Å². The van der Waals surface area contributed by atoms with Gasteiger partial charge in [-0.1, -0.05) is 154 Å². The summed E-state index contributed by atoms with van der Waals surface area (Å²) in [4.78, 5) is 24.9. The Balaban J connectivity index is 1.64. The van der Waals surface area contributed by atoms with Crippen LogP contribution in [-0.2, 0) is 33.3 Å². The highest BCUT2D eigenvalue weighted by Crippen LogP contribution is 2.29. The zero-order valence-electron chi connectivity index (χ0n) is 36.7. The van der Waals surface area contributed by atoms with Crippen molar-refractivity contribution in [3.05, 3.63) is 12.2 Å². The van der Waals surface area contributed by atoms with Crippen LogP contribution in [0.4, 0.5) is 0 Å². The number of carbonyl (C=O) groups excluding carboxylic acids is 2. The zero-order valence-corrected chi connectivity index (χ0v) is 36.7. The maximum atomic E-state index is 12.4. The number of aliphatic hydroxyl groups excluding tert-OH is 6. The molecule has 2 heterocycles. The molecule has 10 atom stereocenters. The summed E-state index contributed by atoms with van der Waals surface area (Å²) in [5, 5.41) is 63.3. The molecule has 2 saturated heterocycles. The summed E-state index contributed by atoms with van der Waals surface area (Å²) in [6.45, 7) is 3.61. The van der Waals surface area contributed by atoms with Crippen LogP contribution in [0.1, 0.15) is 194 Å². The third-order valence-corrected chi connectivity index (χ3v) is 11.5. The third kappa shape index (κ3) is 23.4. The summed E-state index contributed by atoms with van der Waals surface area (Å²) in [6, 6.07) is 0. The summed E-state index contributed by atoms with van der Waals surface area (Å²) in [7, 11) is 0. The van der Waals surface area contributed by atoms with Crippen LogP contribution in [0.2, 0.25) is 0 Å². The van der Waals surface area contributed by atoms with Gasteiger partial charge in [0.25, 0.3) is 0 Å². The first kappa shape index (κ1) is 53.5. The number of aliphatic hydroxyl groups is 6. The largest absolute Gasteiger partial charge is 0.463 e. The van der Waals surface area contributed by atoms with Crippen LogP contribution in [-0.4, -0.2) is 117 Å². The van der Waals surface area contributed by atoms with E-state index in [2.05, 4.69) is 26.0 Å². The van der Waals surface area contributed by atoms with Crippen LogP contribution >= 0.6 is 0 Å². The molecule has 0 bridgehead atoms. The normalized spacial score (nSPS) is 27.3. The van der Waals surface area contributed by atoms with Gasteiger partial charge in [-0.05, 0) is 38.5 Å². The highest BCUT2D eigenvalue weighted by Gasteiger charge is 2.50. The maximum Gasteiger partial charge on any atom is 0.305 e. The molecular formula is C46H84O13. The van der Waals surface area contributed by atoms with Gasteiger partial charge >= 0.3 is 11.9 Å². The summed E-state index contributed by atoms with van der Waals surface area (Å²) in [5.41, 5.74) is 0. The number of hydrogen-bond acceptors (Lipinski definition) is 13. The Bertz CT molecular complexity index is 1080. The van der Waals surface area contributed by atoms with Gasteiger partial charge < -0.3 is 54.3 Å². The van der Waals surface area contributed by atoms with E-state index >= 15 is 0 Å². The summed E-state index contributed by atoms with van der Waals surface area (Å²) >= 11 is 0. The van der Waals surface area contributed by atoms with Crippen LogP contribution in [0, 0.1) is 0 Å². The highest BCUT2D eigenvalue weighted by atomic mass is 16.8. The smallest absolute Gasteiger partial charge is 0.305 e. The van der Waals surface area contributed by atoms with E-state index in [4.69, 9.17) is 23.7 Å². The van der Waals surface area contributed by atoms with Crippen molar-refractivity contribution >= 4 is 11.9 Å². The van der Waals surface area contributed by atoms with Crippen molar-refractivity contribution in [2.45, 2.75) is 255 Å². The molecule has 0 aromatic carbocycles. The Morgan fingerprint density at radius 1 is 0.424 bits per heavy atom. The Morgan fingerprint density at radius 3 is 1.07 bits per heavy atom. The van der Waals surface area contributed by atoms with E-state index in [0.29, 0.717) is 12.8 Å². The molecule has 6 N–H and O–H groups in total. The molecule has 0 radical (unpaired) electrons. The van der Waals surface area contributed by atoms with Crippen molar-refractivity contribution in [2.75, 3.05) is 13.2 Å². The molecule has 0 unspecified atom stereocenters. The molecule has 59 heavy (non-hydrogen) atoms. The van der Waals surface area contributed by atoms with Crippen LogP contribution in [0.3, 0.4) is 0 Å². The number of hydrogen-bond donors (Lipinski definition) is 6. The van der Waals surface area contributed by atoms with E-state index in [9.17, 15) is 40.2 Å². The predicted molar refractivity (Wildman–Crippen MR) is 226 cm³/mol. The number of carbonyl (C=O) groups is 2. The molecule has 346 valence electrons. The maximum absolute atomic E-state index is 12.4. The Hall–Kier alpha value is -1.68. The van der Waals surface area contributed by atoms with Gasteiger partial charge in [0.1, 0.15) is 62.0 Å². The second kappa shape index (κ2) is 33.9. The molecule has 2 aliphatic heterocycles. The number of esters is 2. The Morgan fingerprint density at radius 2 is 0.729 bits per heavy atom. The predicted octanol–water partition coefficient (Wildman–Crippen LogP) is 7.22. The Labute approximate surface area is 355 Å². The molecule has 0 aromatic rings. The molecule has 0 saturated carbocycles. The van der Waals surface area contributed by atoms with E-state index < -0.39 is 86.6 Å². The fourth-order valence-corrected chi connectivity index (χ4v) is 7.59. The van der Waals surface area contributed by atoms with Crippen molar-refractivity contribution < 1.29 is 63.9 Å². The van der Waals surface area contributed by atoms with Crippen molar-refractivity contribution in [2.24, 2.45) is 0 Å². The van der Waals surface area contributed by atoms with Gasteiger partial charge in [0.15, 0.2) is 12.6 Å². The second-order valence-electron chi connectivity index (χ2n) is 16.9. The second-order valence-corrected chi connectivity index (χ2v) is 16.9. The highest BCUT2D eigenvalue weighted by molar-refractivity contribution is 5.69. The standard InChI is InChI=1S/C46H84O13/c1-3-5-7-9-11-13-15-17-18-20-22-24-26-28-30-32-38(48)56-34-36-40(50)42(52)44(54)46(58-36)59-45-43(53)41(51)39(49)35(57-45)33-55-37(47)31-29-27-25-23-21-19-16-14-12-10-8-6-4-2/h17-18,35-36,39-46,49-54H,3-16,19-34H2,1-2H3/b18-17-/t35-,36-,39-,40-,41+,42+,43-,44-,45-,46-/m1/s1. The lowest BCUT2D eigenvalue weighted by atomic mass is 9.98. The van der Waals surface area contributed by atoms with Crippen LogP contribution < -0.4 is 0 Å². The van der Waals surface area contributed by atoms with E-state index in [-0.39, 0.29) is 12.8 Å². The van der Waals surface area contributed by atoms with Crippen molar-refractivity contribution in [1.29, 1.82) is 0 Å². The fourth-order valence-electron chi connectivity index (χ4n) is 7.59. The van der Waals surface area contributed by atoms with E-state index in [1.807, 2.05) is 0 Å². The average molecular weight is 845 g/mol. The van der Waals surface area contributed by atoms with Gasteiger partial charge in [0.05, 0.1) is 0 Å². The Kier molecular flexibility index (Phi) is 30.7. The molecular weight excluding hydrogens is 760 g/mol. The molecule has 0 aliphatic carbocycles. The van der Waals surface area contributed by atoms with Crippen molar-refractivity contribution in [3.63, 3.8) is 0 Å². The minimum Gasteiger partial charge on any atom is -0.463 e. The molecule has 13 nitrogen and oxygen atoms in total. The van der Waals surface area contributed by atoms with Crippen LogP contribution in [0.5, 0.6) is 0 Å². The third-order valence-electron chi connectivity index (χ3n) is 11.5. The molecule has 0 spiro atoms. The SMILES string of the molecule is CCCCCCCC/C=C\CCCCCCCC(=O)OC[C@H]1O[C@H](O[C@H]2O[C@H](COC(=O)CCCCCCCCCCCCCCC)[C@@H](O)[C@H](O)[C@H]2O)[C@H](O)[C@@H](O)[C@@H]1O. The molecule has 0 aromatic heterocycles. The minimum atomic E-state index is -1.80. The first-order chi connectivity index (χ1) is 28.6. The summed E-state index contributed by atoms with van der Waals surface area (Å²) in [5.74, 6) is -0.981. The van der Waals surface area contributed by atoms with E-state index in [1.54, 1.807) is 0 Å². The van der Waals surface area contributed by atoms with Gasteiger partial charge in [-0.3, -0.25) is 9.59 Å². The molecule has 13 heteroatoms. The van der Waals surface area contributed by atoms with Gasteiger partial charge in [-0.2, -0.15) is 0 Å². The van der Waals surface area contributed by atoms with Crippen LogP contribution in [0.25, 0.3) is 0 Å². The zero-order chi connectivity index (χ0) is 43.1. The first-order valence-corrected chi connectivity index (χ1v) is 23.6. The first-order valence-electron chi connectivity index (χ1n) is 23.6. The minimum absolute atomic E-state index is 0.180. The molecule has 2 rings (SSSR count). The number of rotatable bonds is 35. The van der Waals surface area contributed by atoms with Crippen molar-refractivity contribution in [3.8, 4) is 0 Å². The number of unbranched alkanes of at least 4 members (excludes halogenated alkanes) is 23. The molecule has 2 aliphatic rings. The van der Waals surface area contributed by atoms with Gasteiger partial charge in [0, 0.05) is 12.8 Å². The lowest BCUT2D eigenvalue weighted by Crippen LogP contribution is -2.64. The van der Waals surface area contributed by atoms with E-state index in [0.717, 1.165) is 57.8 Å². The number of allylic oxidation sites excluding steroid dienone is 2. The topological polar surface area (TPSA) is 202 Å². The summed E-state index contributed by atoms with van der Waals surface area (Å²) < 4.78 is 27.5. The molecule has 0 amide bonds. The lowest BCUT2D eigenvalue weighted by molar-refractivity contribution is -0.376. The monoisotopic (exact) mass is 845 g/mol.